The first-order chi connectivity index (χ1) is 7.24. The Hall–Kier alpha value is -0.380. The van der Waals surface area contributed by atoms with E-state index in [2.05, 4.69) is 30.6 Å². The Bertz CT molecular complexity index is 184. The molecule has 1 saturated heterocycles. The highest BCUT2D eigenvalue weighted by atomic mass is 16.5. The van der Waals surface area contributed by atoms with Gasteiger partial charge in [-0.25, -0.2) is 0 Å². The van der Waals surface area contributed by atoms with Gasteiger partial charge in [0.1, 0.15) is 0 Å². The minimum absolute atomic E-state index is 0.606. The fraction of sp³-hybridized carbons (Fsp3) is 0.833. The number of ether oxygens (including phenoxy) is 1. The summed E-state index contributed by atoms with van der Waals surface area (Å²) in [5, 5.41) is 3.48. The molecule has 1 aliphatic rings. The molecule has 3 heteroatoms. The van der Waals surface area contributed by atoms with Crippen molar-refractivity contribution < 1.29 is 4.74 Å². The fourth-order valence-electron chi connectivity index (χ4n) is 1.86. The van der Waals surface area contributed by atoms with E-state index < -0.39 is 0 Å². The summed E-state index contributed by atoms with van der Waals surface area (Å²) in [5.41, 5.74) is 0. The zero-order valence-electron chi connectivity index (χ0n) is 10.0. The van der Waals surface area contributed by atoms with Gasteiger partial charge in [0.25, 0.3) is 0 Å². The Balaban J connectivity index is 2.10. The molecule has 1 heterocycles. The molecule has 1 N–H and O–H groups in total. The van der Waals surface area contributed by atoms with Crippen LogP contribution in [0.25, 0.3) is 0 Å². The van der Waals surface area contributed by atoms with Crippen LogP contribution in [0.15, 0.2) is 12.7 Å². The molecule has 0 bridgehead atoms. The Morgan fingerprint density at radius 3 is 3.00 bits per heavy atom. The Kier molecular flexibility index (Phi) is 5.91. The minimum Gasteiger partial charge on any atom is -0.380 e. The van der Waals surface area contributed by atoms with Gasteiger partial charge in [0, 0.05) is 31.7 Å². The Labute approximate surface area is 93.5 Å². The SMILES string of the molecule is C=CCCOCCN1CC(C)NCC1C. The third kappa shape index (κ3) is 4.78. The van der Waals surface area contributed by atoms with Crippen molar-refractivity contribution in [3.63, 3.8) is 0 Å². The predicted octanol–water partition coefficient (Wildman–Crippen LogP) is 1.26. The van der Waals surface area contributed by atoms with E-state index in [1.807, 2.05) is 6.08 Å². The molecule has 3 nitrogen and oxygen atoms in total. The van der Waals surface area contributed by atoms with E-state index in [9.17, 15) is 0 Å². The summed E-state index contributed by atoms with van der Waals surface area (Å²) in [4.78, 5) is 2.50. The van der Waals surface area contributed by atoms with Gasteiger partial charge in [-0.2, -0.15) is 0 Å². The zero-order chi connectivity index (χ0) is 11.1. The lowest BCUT2D eigenvalue weighted by molar-refractivity contribution is 0.0743. The standard InChI is InChI=1S/C12H24N2O/c1-4-5-7-15-8-6-14-10-11(2)13-9-12(14)3/h4,11-13H,1,5-10H2,2-3H3. The van der Waals surface area contributed by atoms with Gasteiger partial charge < -0.3 is 10.1 Å². The quantitative estimate of drug-likeness (QED) is 0.530. The number of piperazine rings is 1. The molecule has 15 heavy (non-hydrogen) atoms. The summed E-state index contributed by atoms with van der Waals surface area (Å²) >= 11 is 0. The lowest BCUT2D eigenvalue weighted by atomic mass is 10.1. The summed E-state index contributed by atoms with van der Waals surface area (Å²) in [5.74, 6) is 0. The third-order valence-corrected chi connectivity index (χ3v) is 2.88. The first-order valence-electron chi connectivity index (χ1n) is 5.90. The van der Waals surface area contributed by atoms with E-state index in [0.717, 1.165) is 39.3 Å². The molecule has 0 aromatic carbocycles. The highest BCUT2D eigenvalue weighted by Gasteiger charge is 2.21. The average molecular weight is 212 g/mol. The summed E-state index contributed by atoms with van der Waals surface area (Å²) in [7, 11) is 0. The van der Waals surface area contributed by atoms with E-state index >= 15 is 0 Å². The Morgan fingerprint density at radius 1 is 1.47 bits per heavy atom. The third-order valence-electron chi connectivity index (χ3n) is 2.88. The second kappa shape index (κ2) is 6.99. The molecule has 0 aromatic rings. The van der Waals surface area contributed by atoms with E-state index in [-0.39, 0.29) is 0 Å². The molecule has 0 saturated carbocycles. The smallest absolute Gasteiger partial charge is 0.0593 e. The topological polar surface area (TPSA) is 24.5 Å². The lowest BCUT2D eigenvalue weighted by Gasteiger charge is -2.37. The summed E-state index contributed by atoms with van der Waals surface area (Å²) in [6.07, 6.45) is 2.85. The van der Waals surface area contributed by atoms with Crippen LogP contribution in [0.4, 0.5) is 0 Å². The van der Waals surface area contributed by atoms with Gasteiger partial charge in [-0.05, 0) is 20.3 Å². The first-order valence-corrected chi connectivity index (χ1v) is 5.90. The number of nitrogens with one attached hydrogen (secondary N) is 1. The second-order valence-corrected chi connectivity index (χ2v) is 4.34. The zero-order valence-corrected chi connectivity index (χ0v) is 10.0. The maximum atomic E-state index is 5.53. The number of hydrogen-bond acceptors (Lipinski definition) is 3. The first kappa shape index (κ1) is 12.7. The molecular weight excluding hydrogens is 188 g/mol. The van der Waals surface area contributed by atoms with Gasteiger partial charge in [0.05, 0.1) is 13.2 Å². The molecule has 0 amide bonds. The van der Waals surface area contributed by atoms with Crippen molar-refractivity contribution in [1.29, 1.82) is 0 Å². The molecular formula is C12H24N2O. The van der Waals surface area contributed by atoms with Crippen LogP contribution in [-0.4, -0.2) is 49.8 Å². The highest BCUT2D eigenvalue weighted by Crippen LogP contribution is 2.05. The van der Waals surface area contributed by atoms with Crippen molar-refractivity contribution in [3.05, 3.63) is 12.7 Å². The number of rotatable bonds is 6. The van der Waals surface area contributed by atoms with Crippen LogP contribution in [0.1, 0.15) is 20.3 Å². The maximum absolute atomic E-state index is 5.53. The number of nitrogens with zero attached hydrogens (tertiary/aromatic N) is 1. The van der Waals surface area contributed by atoms with Gasteiger partial charge in [0.15, 0.2) is 0 Å². The van der Waals surface area contributed by atoms with E-state index in [4.69, 9.17) is 4.74 Å². The van der Waals surface area contributed by atoms with Crippen LogP contribution >= 0.6 is 0 Å². The molecule has 88 valence electrons. The number of hydrogen-bond donors (Lipinski definition) is 1. The van der Waals surface area contributed by atoms with Gasteiger partial charge in [-0.3, -0.25) is 4.90 Å². The van der Waals surface area contributed by atoms with Crippen LogP contribution in [0.3, 0.4) is 0 Å². The van der Waals surface area contributed by atoms with E-state index in [0.29, 0.717) is 12.1 Å². The van der Waals surface area contributed by atoms with Crippen molar-refractivity contribution in [1.82, 2.24) is 10.2 Å². The normalized spacial score (nSPS) is 27.9. The Morgan fingerprint density at radius 2 is 2.27 bits per heavy atom. The van der Waals surface area contributed by atoms with Crippen LogP contribution in [0, 0.1) is 0 Å². The molecule has 1 aliphatic heterocycles. The van der Waals surface area contributed by atoms with Crippen molar-refractivity contribution in [2.45, 2.75) is 32.4 Å². The molecule has 0 aliphatic carbocycles. The molecule has 0 aromatic heterocycles. The summed E-state index contributed by atoms with van der Waals surface area (Å²) in [6, 6.07) is 1.23. The van der Waals surface area contributed by atoms with Crippen molar-refractivity contribution in [2.24, 2.45) is 0 Å². The largest absolute Gasteiger partial charge is 0.380 e. The van der Waals surface area contributed by atoms with Crippen LogP contribution in [0.2, 0.25) is 0 Å². The van der Waals surface area contributed by atoms with Gasteiger partial charge >= 0.3 is 0 Å². The van der Waals surface area contributed by atoms with Crippen LogP contribution in [0.5, 0.6) is 0 Å². The van der Waals surface area contributed by atoms with Crippen molar-refractivity contribution in [3.8, 4) is 0 Å². The monoisotopic (exact) mass is 212 g/mol. The molecule has 0 radical (unpaired) electrons. The van der Waals surface area contributed by atoms with Gasteiger partial charge in [0.2, 0.25) is 0 Å². The van der Waals surface area contributed by atoms with E-state index in [1.54, 1.807) is 0 Å². The van der Waals surface area contributed by atoms with Crippen molar-refractivity contribution in [2.75, 3.05) is 32.8 Å². The molecule has 0 spiro atoms. The molecule has 2 atom stereocenters. The van der Waals surface area contributed by atoms with Gasteiger partial charge in [-0.15, -0.1) is 6.58 Å². The minimum atomic E-state index is 0.606. The average Bonchev–Trinajstić information content (AvgIpc) is 2.23. The maximum Gasteiger partial charge on any atom is 0.0593 e. The van der Waals surface area contributed by atoms with Crippen LogP contribution < -0.4 is 5.32 Å². The molecule has 1 fully saturated rings. The van der Waals surface area contributed by atoms with E-state index in [1.165, 1.54) is 0 Å². The lowest BCUT2D eigenvalue weighted by Crippen LogP contribution is -2.54. The predicted molar refractivity (Wildman–Crippen MR) is 64.1 cm³/mol. The van der Waals surface area contributed by atoms with Gasteiger partial charge in [-0.1, -0.05) is 6.08 Å². The fourth-order valence-corrected chi connectivity index (χ4v) is 1.86. The molecule has 2 unspecified atom stereocenters. The highest BCUT2D eigenvalue weighted by molar-refractivity contribution is 4.80. The summed E-state index contributed by atoms with van der Waals surface area (Å²) in [6.45, 7) is 13.1. The van der Waals surface area contributed by atoms with Crippen LogP contribution in [-0.2, 0) is 4.74 Å². The van der Waals surface area contributed by atoms with Crippen molar-refractivity contribution >= 4 is 0 Å². The second-order valence-electron chi connectivity index (χ2n) is 4.34. The molecule has 1 rings (SSSR count). The summed E-state index contributed by atoms with van der Waals surface area (Å²) < 4.78 is 5.53.